The zero-order valence-electron chi connectivity index (χ0n) is 11.5. The van der Waals surface area contributed by atoms with Crippen LogP contribution in [-0.2, 0) is 12.8 Å². The molecule has 1 atom stereocenters. The van der Waals surface area contributed by atoms with Crippen molar-refractivity contribution in [3.05, 3.63) is 56.4 Å². The largest absolute Gasteiger partial charge is 0.313 e. The molecule has 4 heteroatoms. The highest BCUT2D eigenvalue weighted by atomic mass is 79.9. The molecule has 0 aliphatic heterocycles. The minimum absolute atomic E-state index is 0.173. The monoisotopic (exact) mass is 355 g/mol. The van der Waals surface area contributed by atoms with Gasteiger partial charge in [-0.3, -0.25) is 0 Å². The Morgan fingerprint density at radius 1 is 1.30 bits per heavy atom. The molecule has 1 unspecified atom stereocenters. The standard InChI is InChI=1S/C16H19BrFNS/c1-2-6-19-15(8-12-5-7-20-11-12)10-13-9-14(18)3-4-16(13)17/h3-5,7,9,11,15,19H,2,6,8,10H2,1H3. The molecule has 20 heavy (non-hydrogen) atoms. The van der Waals surface area contributed by atoms with E-state index in [0.29, 0.717) is 6.04 Å². The smallest absolute Gasteiger partial charge is 0.123 e. The molecule has 0 fully saturated rings. The summed E-state index contributed by atoms with van der Waals surface area (Å²) in [5, 5.41) is 7.85. The van der Waals surface area contributed by atoms with Crippen LogP contribution in [0.2, 0.25) is 0 Å². The van der Waals surface area contributed by atoms with Gasteiger partial charge in [0.15, 0.2) is 0 Å². The maximum Gasteiger partial charge on any atom is 0.123 e. The van der Waals surface area contributed by atoms with Crippen molar-refractivity contribution in [2.75, 3.05) is 6.54 Å². The molecule has 1 heterocycles. The Hall–Kier alpha value is -0.710. The van der Waals surface area contributed by atoms with E-state index in [9.17, 15) is 4.39 Å². The van der Waals surface area contributed by atoms with Crippen LogP contribution in [0.15, 0.2) is 39.5 Å². The fourth-order valence-corrected chi connectivity index (χ4v) is 3.31. The van der Waals surface area contributed by atoms with Crippen molar-refractivity contribution in [1.82, 2.24) is 5.32 Å². The molecule has 0 radical (unpaired) electrons. The average Bonchev–Trinajstić information content (AvgIpc) is 2.93. The van der Waals surface area contributed by atoms with E-state index in [-0.39, 0.29) is 5.82 Å². The van der Waals surface area contributed by atoms with Crippen molar-refractivity contribution in [2.45, 2.75) is 32.2 Å². The average molecular weight is 356 g/mol. The summed E-state index contributed by atoms with van der Waals surface area (Å²) in [6.07, 6.45) is 2.91. The van der Waals surface area contributed by atoms with Crippen LogP contribution in [0.1, 0.15) is 24.5 Å². The van der Waals surface area contributed by atoms with Crippen LogP contribution in [0, 0.1) is 5.82 Å². The number of halogens is 2. The third-order valence-electron chi connectivity index (χ3n) is 3.22. The van der Waals surface area contributed by atoms with Crippen molar-refractivity contribution in [2.24, 2.45) is 0 Å². The van der Waals surface area contributed by atoms with Crippen LogP contribution in [-0.4, -0.2) is 12.6 Å². The predicted molar refractivity (Wildman–Crippen MR) is 87.9 cm³/mol. The quantitative estimate of drug-likeness (QED) is 0.751. The number of thiophene rings is 1. The van der Waals surface area contributed by atoms with E-state index >= 15 is 0 Å². The van der Waals surface area contributed by atoms with Gasteiger partial charge < -0.3 is 5.32 Å². The van der Waals surface area contributed by atoms with Crippen LogP contribution in [0.5, 0.6) is 0 Å². The van der Waals surface area contributed by atoms with Gasteiger partial charge in [-0.2, -0.15) is 11.3 Å². The van der Waals surface area contributed by atoms with E-state index in [0.717, 1.165) is 35.8 Å². The molecule has 1 aromatic heterocycles. The molecule has 108 valence electrons. The van der Waals surface area contributed by atoms with Crippen molar-refractivity contribution < 1.29 is 4.39 Å². The Labute approximate surface area is 132 Å². The highest BCUT2D eigenvalue weighted by molar-refractivity contribution is 9.10. The van der Waals surface area contributed by atoms with E-state index in [2.05, 4.69) is 45.0 Å². The summed E-state index contributed by atoms with van der Waals surface area (Å²) < 4.78 is 14.4. The Balaban J connectivity index is 2.08. The van der Waals surface area contributed by atoms with E-state index in [1.54, 1.807) is 23.5 Å². The lowest BCUT2D eigenvalue weighted by atomic mass is 10.00. The summed E-state index contributed by atoms with van der Waals surface area (Å²) in [4.78, 5) is 0. The highest BCUT2D eigenvalue weighted by Gasteiger charge is 2.13. The zero-order chi connectivity index (χ0) is 14.4. The first-order valence-corrected chi connectivity index (χ1v) is 8.61. The second-order valence-electron chi connectivity index (χ2n) is 4.93. The second-order valence-corrected chi connectivity index (χ2v) is 6.56. The summed E-state index contributed by atoms with van der Waals surface area (Å²) in [5.74, 6) is -0.173. The minimum atomic E-state index is -0.173. The predicted octanol–water partition coefficient (Wildman–Crippen LogP) is 4.80. The first-order chi connectivity index (χ1) is 9.69. The Kier molecular flexibility index (Phi) is 6.20. The fourth-order valence-electron chi connectivity index (χ4n) is 2.22. The summed E-state index contributed by atoms with van der Waals surface area (Å²) in [5.41, 5.74) is 2.37. The first-order valence-electron chi connectivity index (χ1n) is 6.87. The molecular formula is C16H19BrFNS. The van der Waals surface area contributed by atoms with Gasteiger partial charge in [0.25, 0.3) is 0 Å². The summed E-state index contributed by atoms with van der Waals surface area (Å²) in [6.45, 7) is 3.15. The van der Waals surface area contributed by atoms with Gasteiger partial charge in [0.05, 0.1) is 0 Å². The van der Waals surface area contributed by atoms with Gasteiger partial charge in [0.2, 0.25) is 0 Å². The third kappa shape index (κ3) is 4.69. The van der Waals surface area contributed by atoms with Gasteiger partial charge >= 0.3 is 0 Å². The lowest BCUT2D eigenvalue weighted by molar-refractivity contribution is 0.503. The maximum atomic E-state index is 13.4. The Morgan fingerprint density at radius 3 is 2.85 bits per heavy atom. The molecule has 1 aromatic carbocycles. The minimum Gasteiger partial charge on any atom is -0.313 e. The molecule has 0 amide bonds. The van der Waals surface area contributed by atoms with Gasteiger partial charge in [-0.1, -0.05) is 22.9 Å². The van der Waals surface area contributed by atoms with Gasteiger partial charge in [0, 0.05) is 10.5 Å². The van der Waals surface area contributed by atoms with Crippen LogP contribution >= 0.6 is 27.3 Å². The molecule has 0 spiro atoms. The molecule has 1 nitrogen and oxygen atoms in total. The highest BCUT2D eigenvalue weighted by Crippen LogP contribution is 2.21. The van der Waals surface area contributed by atoms with Crippen LogP contribution in [0.25, 0.3) is 0 Å². The molecule has 1 N–H and O–H groups in total. The number of nitrogens with one attached hydrogen (secondary N) is 1. The summed E-state index contributed by atoms with van der Waals surface area (Å²) in [7, 11) is 0. The topological polar surface area (TPSA) is 12.0 Å². The van der Waals surface area contributed by atoms with Crippen molar-refractivity contribution >= 4 is 27.3 Å². The van der Waals surface area contributed by atoms with Gasteiger partial charge in [-0.15, -0.1) is 0 Å². The van der Waals surface area contributed by atoms with Crippen molar-refractivity contribution in [3.63, 3.8) is 0 Å². The van der Waals surface area contributed by atoms with Gasteiger partial charge in [0.1, 0.15) is 5.82 Å². The van der Waals surface area contributed by atoms with Crippen LogP contribution < -0.4 is 5.32 Å². The number of hydrogen-bond acceptors (Lipinski definition) is 2. The summed E-state index contributed by atoms with van der Waals surface area (Å²) >= 11 is 5.23. The SMILES string of the molecule is CCCNC(Cc1ccsc1)Cc1cc(F)ccc1Br. The number of hydrogen-bond donors (Lipinski definition) is 1. The normalized spacial score (nSPS) is 12.6. The maximum absolute atomic E-state index is 13.4. The van der Waals surface area contributed by atoms with E-state index in [1.165, 1.54) is 11.6 Å². The molecule has 0 saturated heterocycles. The lowest BCUT2D eigenvalue weighted by Crippen LogP contribution is -2.33. The molecule has 0 aliphatic carbocycles. The fraction of sp³-hybridized carbons (Fsp3) is 0.375. The van der Waals surface area contributed by atoms with Crippen molar-refractivity contribution in [3.8, 4) is 0 Å². The second kappa shape index (κ2) is 7.91. The molecule has 0 saturated carbocycles. The lowest BCUT2D eigenvalue weighted by Gasteiger charge is -2.19. The first kappa shape index (κ1) is 15.7. The number of rotatable bonds is 7. The van der Waals surface area contributed by atoms with Crippen LogP contribution in [0.3, 0.4) is 0 Å². The van der Waals surface area contributed by atoms with Crippen molar-refractivity contribution in [1.29, 1.82) is 0 Å². The molecule has 0 bridgehead atoms. The third-order valence-corrected chi connectivity index (χ3v) is 4.72. The van der Waals surface area contributed by atoms with E-state index in [4.69, 9.17) is 0 Å². The Morgan fingerprint density at radius 2 is 2.15 bits per heavy atom. The zero-order valence-corrected chi connectivity index (χ0v) is 13.9. The summed E-state index contributed by atoms with van der Waals surface area (Å²) in [6, 6.07) is 7.39. The molecule has 2 rings (SSSR count). The number of benzene rings is 1. The molecule has 2 aromatic rings. The van der Waals surface area contributed by atoms with Gasteiger partial charge in [-0.25, -0.2) is 4.39 Å². The van der Waals surface area contributed by atoms with Gasteiger partial charge in [-0.05, 0) is 72.0 Å². The van der Waals surface area contributed by atoms with Crippen LogP contribution in [0.4, 0.5) is 4.39 Å². The molecular weight excluding hydrogens is 337 g/mol. The molecule has 0 aliphatic rings. The van der Waals surface area contributed by atoms with E-state index < -0.39 is 0 Å². The van der Waals surface area contributed by atoms with E-state index in [1.807, 2.05) is 0 Å². The Bertz CT molecular complexity index is 527.